The highest BCUT2D eigenvalue weighted by molar-refractivity contribution is 6.30. The lowest BCUT2D eigenvalue weighted by atomic mass is 10.0. The fourth-order valence-corrected chi connectivity index (χ4v) is 4.24. The molecule has 0 spiro atoms. The van der Waals surface area contributed by atoms with E-state index in [0.717, 1.165) is 43.7 Å². The minimum Gasteiger partial charge on any atom is -0.338 e. The highest BCUT2D eigenvalue weighted by Gasteiger charge is 2.29. The summed E-state index contributed by atoms with van der Waals surface area (Å²) in [7, 11) is 2.10. The van der Waals surface area contributed by atoms with Crippen LogP contribution in [-0.2, 0) is 6.54 Å². The van der Waals surface area contributed by atoms with Crippen LogP contribution in [0.4, 0.5) is 10.3 Å². The van der Waals surface area contributed by atoms with E-state index in [9.17, 15) is 9.18 Å². The van der Waals surface area contributed by atoms with Gasteiger partial charge in [0.2, 0.25) is 5.88 Å². The summed E-state index contributed by atoms with van der Waals surface area (Å²) < 4.78 is 19.5. The van der Waals surface area contributed by atoms with Crippen LogP contribution in [0.15, 0.2) is 53.1 Å². The van der Waals surface area contributed by atoms with Crippen molar-refractivity contribution in [2.75, 3.05) is 38.1 Å². The summed E-state index contributed by atoms with van der Waals surface area (Å²) >= 11 is 6.04. The van der Waals surface area contributed by atoms with Crippen molar-refractivity contribution in [1.29, 1.82) is 0 Å². The van der Waals surface area contributed by atoms with Crippen molar-refractivity contribution in [3.63, 3.8) is 0 Å². The van der Waals surface area contributed by atoms with Crippen LogP contribution in [0, 0.1) is 5.82 Å². The Labute approximate surface area is 204 Å². The Bertz CT molecular complexity index is 1110. The molecule has 1 aromatic heterocycles. The summed E-state index contributed by atoms with van der Waals surface area (Å²) in [6.07, 6.45) is 0.792. The fourth-order valence-electron chi connectivity index (χ4n) is 4.11. The molecule has 1 unspecified atom stereocenters. The van der Waals surface area contributed by atoms with E-state index in [1.54, 1.807) is 36.4 Å². The molecule has 8 heteroatoms. The van der Waals surface area contributed by atoms with Gasteiger partial charge in [-0.3, -0.25) is 4.79 Å². The topological polar surface area (TPSA) is 52.8 Å². The first-order valence-corrected chi connectivity index (χ1v) is 12.0. The predicted molar refractivity (Wildman–Crippen MR) is 133 cm³/mol. The molecule has 0 bridgehead atoms. The molecule has 1 aliphatic heterocycles. The summed E-state index contributed by atoms with van der Waals surface area (Å²) in [5.74, 6) is 0.276. The van der Waals surface area contributed by atoms with Gasteiger partial charge in [-0.2, -0.15) is 0 Å². The maximum atomic E-state index is 13.6. The zero-order valence-corrected chi connectivity index (χ0v) is 20.6. The van der Waals surface area contributed by atoms with Crippen molar-refractivity contribution < 1.29 is 13.7 Å². The van der Waals surface area contributed by atoms with E-state index in [1.165, 1.54) is 12.1 Å². The maximum Gasteiger partial charge on any atom is 0.254 e. The number of hydrogen-bond donors (Lipinski definition) is 0. The van der Waals surface area contributed by atoms with Gasteiger partial charge in [-0.15, -0.1) is 0 Å². The maximum absolute atomic E-state index is 13.6. The quantitative estimate of drug-likeness (QED) is 0.454. The van der Waals surface area contributed by atoms with Gasteiger partial charge in [0, 0.05) is 48.4 Å². The van der Waals surface area contributed by atoms with Crippen LogP contribution in [0.2, 0.25) is 5.02 Å². The summed E-state index contributed by atoms with van der Waals surface area (Å²) in [4.78, 5) is 19.9. The molecule has 180 valence electrons. The van der Waals surface area contributed by atoms with Gasteiger partial charge >= 0.3 is 0 Å². The molecule has 4 rings (SSSR count). The second kappa shape index (κ2) is 10.6. The van der Waals surface area contributed by atoms with Crippen LogP contribution in [0.5, 0.6) is 0 Å². The lowest BCUT2D eigenvalue weighted by molar-refractivity contribution is 0.0672. The molecule has 6 nitrogen and oxygen atoms in total. The number of anilines is 1. The summed E-state index contributed by atoms with van der Waals surface area (Å²) in [6.45, 7) is 7.84. The van der Waals surface area contributed by atoms with Crippen LogP contribution in [0.3, 0.4) is 0 Å². The molecule has 1 atom stereocenters. The number of carbonyl (C=O) groups is 1. The number of benzene rings is 2. The van der Waals surface area contributed by atoms with Crippen molar-refractivity contribution in [2.24, 2.45) is 0 Å². The third kappa shape index (κ3) is 5.26. The highest BCUT2D eigenvalue weighted by Crippen LogP contribution is 2.34. The zero-order chi connectivity index (χ0) is 24.2. The SMILES string of the molecule is CCC(C)N(Cc1c(-c2ccc(F)cc2)noc1N1CCN(C)CC1)C(=O)c1ccc(Cl)cc1. The molecule has 1 fully saturated rings. The molecule has 0 saturated carbocycles. The average molecular weight is 485 g/mol. The van der Waals surface area contributed by atoms with Gasteiger partial charge in [-0.05, 0) is 68.9 Å². The number of piperazine rings is 1. The molecular weight excluding hydrogens is 455 g/mol. The first-order chi connectivity index (χ1) is 16.4. The van der Waals surface area contributed by atoms with Crippen LogP contribution >= 0.6 is 11.6 Å². The van der Waals surface area contributed by atoms with Crippen LogP contribution in [0.1, 0.15) is 36.2 Å². The molecule has 1 saturated heterocycles. The third-order valence-electron chi connectivity index (χ3n) is 6.48. The van der Waals surface area contributed by atoms with Gasteiger partial charge in [0.05, 0.1) is 12.1 Å². The molecular formula is C26H30ClFN4O2. The minimum atomic E-state index is -0.313. The third-order valence-corrected chi connectivity index (χ3v) is 6.73. The van der Waals surface area contributed by atoms with Crippen LogP contribution in [-0.4, -0.2) is 60.1 Å². The molecule has 0 radical (unpaired) electrons. The number of nitrogens with zero attached hydrogens (tertiary/aromatic N) is 4. The van der Waals surface area contributed by atoms with E-state index in [4.69, 9.17) is 16.1 Å². The molecule has 2 heterocycles. The molecule has 1 amide bonds. The summed E-state index contributed by atoms with van der Waals surface area (Å²) in [5, 5.41) is 4.97. The van der Waals surface area contributed by atoms with Gasteiger partial charge in [0.15, 0.2) is 0 Å². The normalized spacial score (nSPS) is 15.4. The summed E-state index contributed by atoms with van der Waals surface area (Å²) in [5.41, 5.74) is 2.79. The van der Waals surface area contributed by atoms with Gasteiger partial charge in [-0.25, -0.2) is 4.39 Å². The Balaban J connectivity index is 1.74. The highest BCUT2D eigenvalue weighted by atomic mass is 35.5. The monoisotopic (exact) mass is 484 g/mol. The first kappa shape index (κ1) is 24.2. The zero-order valence-electron chi connectivity index (χ0n) is 19.8. The standard InChI is InChI=1S/C26H30ClFN4O2/c1-4-18(2)32(25(33)20-5-9-21(27)10-6-20)17-23-24(19-7-11-22(28)12-8-19)29-34-26(23)31-15-13-30(3)14-16-31/h5-12,18H,4,13-17H2,1-3H3. The second-order valence-electron chi connectivity index (χ2n) is 8.81. The Kier molecular flexibility index (Phi) is 7.54. The Hall–Kier alpha value is -2.90. The minimum absolute atomic E-state index is 0.0144. The largest absolute Gasteiger partial charge is 0.338 e. The number of carbonyl (C=O) groups excluding carboxylic acids is 1. The smallest absolute Gasteiger partial charge is 0.254 e. The van der Waals surface area contributed by atoms with E-state index < -0.39 is 0 Å². The number of rotatable bonds is 7. The molecule has 34 heavy (non-hydrogen) atoms. The Morgan fingerprint density at radius 2 is 1.76 bits per heavy atom. The van der Waals surface area contributed by atoms with Crippen LogP contribution < -0.4 is 4.90 Å². The molecule has 0 N–H and O–H groups in total. The summed E-state index contributed by atoms with van der Waals surface area (Å²) in [6, 6.07) is 13.1. The number of amides is 1. The average Bonchev–Trinajstić information content (AvgIpc) is 3.26. The van der Waals surface area contributed by atoms with E-state index in [-0.39, 0.29) is 17.8 Å². The molecule has 0 aliphatic carbocycles. The lowest BCUT2D eigenvalue weighted by Crippen LogP contribution is -2.45. The fraction of sp³-hybridized carbons (Fsp3) is 0.385. The van der Waals surface area contributed by atoms with Crippen molar-refractivity contribution in [3.05, 3.63) is 70.5 Å². The van der Waals surface area contributed by atoms with Crippen molar-refractivity contribution >= 4 is 23.4 Å². The van der Waals surface area contributed by atoms with Gasteiger partial charge in [0.25, 0.3) is 5.91 Å². The number of likely N-dealkylation sites (N-methyl/N-ethyl adjacent to an activating group) is 1. The first-order valence-electron chi connectivity index (χ1n) is 11.6. The predicted octanol–water partition coefficient (Wildman–Crippen LogP) is 5.33. The van der Waals surface area contributed by atoms with Crippen molar-refractivity contribution in [1.82, 2.24) is 15.0 Å². The Morgan fingerprint density at radius 1 is 1.12 bits per heavy atom. The van der Waals surface area contributed by atoms with E-state index in [0.29, 0.717) is 28.7 Å². The van der Waals surface area contributed by atoms with Crippen LogP contribution in [0.25, 0.3) is 11.3 Å². The van der Waals surface area contributed by atoms with Gasteiger partial charge in [-0.1, -0.05) is 23.7 Å². The van der Waals surface area contributed by atoms with E-state index >= 15 is 0 Å². The molecule has 2 aromatic carbocycles. The number of aromatic nitrogens is 1. The number of halogens is 2. The molecule has 3 aromatic rings. The Morgan fingerprint density at radius 3 is 2.38 bits per heavy atom. The molecule has 1 aliphatic rings. The number of hydrogen-bond acceptors (Lipinski definition) is 5. The van der Waals surface area contributed by atoms with Crippen molar-refractivity contribution in [3.8, 4) is 11.3 Å². The second-order valence-corrected chi connectivity index (χ2v) is 9.25. The van der Waals surface area contributed by atoms with Gasteiger partial charge in [0.1, 0.15) is 11.5 Å². The van der Waals surface area contributed by atoms with E-state index in [1.807, 2.05) is 11.8 Å². The van der Waals surface area contributed by atoms with Gasteiger partial charge < -0.3 is 19.2 Å². The van der Waals surface area contributed by atoms with E-state index in [2.05, 4.69) is 28.9 Å². The lowest BCUT2D eigenvalue weighted by Gasteiger charge is -2.33. The van der Waals surface area contributed by atoms with Crippen molar-refractivity contribution in [2.45, 2.75) is 32.9 Å².